The van der Waals surface area contributed by atoms with E-state index in [0.29, 0.717) is 28.2 Å². The molecule has 6 heteroatoms. The number of hydrogen-bond acceptors (Lipinski definition) is 1. The summed E-state index contributed by atoms with van der Waals surface area (Å²) in [6.07, 6.45) is 0. The molecule has 4 aromatic heterocycles. The first-order valence-electron chi connectivity index (χ1n) is 22.8. The summed E-state index contributed by atoms with van der Waals surface area (Å²) in [6, 6.07) is 79.1. The van der Waals surface area contributed by atoms with E-state index in [2.05, 4.69) is 242 Å². The van der Waals surface area contributed by atoms with Crippen LogP contribution in [-0.4, -0.2) is 18.3 Å². The van der Waals surface area contributed by atoms with E-state index < -0.39 is 0 Å². The molecular weight excluding hydrogens is 829 g/mol. The predicted molar refractivity (Wildman–Crippen MR) is 280 cm³/mol. The van der Waals surface area contributed by atoms with Crippen LogP contribution in [0, 0.1) is 17.9 Å². The molecule has 0 amide bonds. The molecular formula is C62H36N6. The molecule has 0 aliphatic carbocycles. The summed E-state index contributed by atoms with van der Waals surface area (Å²) in [5.74, 6) is 0. The van der Waals surface area contributed by atoms with Gasteiger partial charge in [0.2, 0.25) is 5.69 Å². The fourth-order valence-electron chi connectivity index (χ4n) is 11.3. The summed E-state index contributed by atoms with van der Waals surface area (Å²) >= 11 is 0. The topological polar surface area (TPSA) is 47.9 Å². The predicted octanol–water partition coefficient (Wildman–Crippen LogP) is 16.2. The standard InChI is InChI=1S/C62H36N6/c1-64-59-58(39-35-36-57-48(37-39)47-27-11-12-28-50(47)65(57)40-19-3-2-4-20-40)49(38-63)60(66-51-29-13-5-21-41(51)42-22-6-14-30-52(42)66)62(68-55-33-17-9-25-45(55)46-26-10-18-34-56(46)68)61(59)67-53-31-15-7-23-43(53)44-24-8-16-32-54(44)67/h2-37H. The number of fused-ring (bicyclic) bond motifs is 12. The lowest BCUT2D eigenvalue weighted by atomic mass is 9.92. The maximum absolute atomic E-state index is 12.2. The molecule has 0 fully saturated rings. The first-order chi connectivity index (χ1) is 33.7. The third kappa shape index (κ3) is 5.09. The third-order valence-electron chi connectivity index (χ3n) is 14.0. The summed E-state index contributed by atoms with van der Waals surface area (Å²) in [7, 11) is 0. The second-order valence-corrected chi connectivity index (χ2v) is 17.4. The second-order valence-electron chi connectivity index (χ2n) is 17.4. The van der Waals surface area contributed by atoms with Crippen LogP contribution in [0.25, 0.3) is 126 Å². The van der Waals surface area contributed by atoms with Crippen molar-refractivity contribution in [3.63, 3.8) is 0 Å². The Kier molecular flexibility index (Phi) is 8.01. The fourth-order valence-corrected chi connectivity index (χ4v) is 11.3. The second kappa shape index (κ2) is 14.4. The normalized spacial score (nSPS) is 11.8. The third-order valence-corrected chi connectivity index (χ3v) is 14.0. The molecule has 0 saturated heterocycles. The Morgan fingerprint density at radius 2 is 0.676 bits per heavy atom. The highest BCUT2D eigenvalue weighted by molar-refractivity contribution is 6.17. The molecule has 14 aromatic rings. The molecule has 0 bridgehead atoms. The molecule has 14 rings (SSSR count). The minimum absolute atomic E-state index is 0.389. The molecule has 0 aliphatic rings. The van der Waals surface area contributed by atoms with E-state index in [4.69, 9.17) is 0 Å². The van der Waals surface area contributed by atoms with Gasteiger partial charge in [0, 0.05) is 54.3 Å². The van der Waals surface area contributed by atoms with Crippen molar-refractivity contribution in [1.29, 1.82) is 5.26 Å². The van der Waals surface area contributed by atoms with Crippen molar-refractivity contribution in [2.75, 3.05) is 0 Å². The first-order valence-corrected chi connectivity index (χ1v) is 22.8. The summed E-state index contributed by atoms with van der Waals surface area (Å²) in [5, 5.41) is 20.8. The van der Waals surface area contributed by atoms with Gasteiger partial charge in [-0.3, -0.25) is 0 Å². The van der Waals surface area contributed by atoms with Gasteiger partial charge in [0.1, 0.15) is 6.07 Å². The molecule has 0 spiro atoms. The molecule has 0 aliphatic heterocycles. The van der Waals surface area contributed by atoms with Crippen molar-refractivity contribution in [3.05, 3.63) is 235 Å². The average molecular weight is 865 g/mol. The van der Waals surface area contributed by atoms with Crippen LogP contribution in [-0.2, 0) is 0 Å². The monoisotopic (exact) mass is 864 g/mol. The minimum atomic E-state index is 0.389. The molecule has 4 heterocycles. The maximum atomic E-state index is 12.2. The van der Waals surface area contributed by atoms with Crippen LogP contribution in [0.2, 0.25) is 0 Å². The SMILES string of the molecule is [C-]#[N+]c1c(-c2ccc3c(c2)c2ccccc2n3-c2ccccc2)c(C#N)c(-n2c3ccccc3c3ccccc32)c(-n2c3ccccc3c3ccccc32)c1-n1c2ccccc2c2ccccc21. The van der Waals surface area contributed by atoms with Gasteiger partial charge in [-0.1, -0.05) is 152 Å². The van der Waals surface area contributed by atoms with Crippen LogP contribution in [0.4, 0.5) is 5.69 Å². The van der Waals surface area contributed by atoms with Gasteiger partial charge in [-0.25, -0.2) is 4.85 Å². The van der Waals surface area contributed by atoms with Crippen molar-refractivity contribution in [2.45, 2.75) is 0 Å². The highest BCUT2D eigenvalue weighted by atomic mass is 15.1. The van der Waals surface area contributed by atoms with Gasteiger partial charge >= 0.3 is 0 Å². The maximum Gasteiger partial charge on any atom is 0.221 e. The number of rotatable bonds is 5. The molecule has 0 saturated carbocycles. The minimum Gasteiger partial charge on any atom is -0.317 e. The fraction of sp³-hybridized carbons (Fsp3) is 0. The molecule has 0 unspecified atom stereocenters. The largest absolute Gasteiger partial charge is 0.317 e. The Balaban J connectivity index is 1.26. The van der Waals surface area contributed by atoms with E-state index in [1.54, 1.807) is 0 Å². The highest BCUT2D eigenvalue weighted by Crippen LogP contribution is 2.52. The van der Waals surface area contributed by atoms with Gasteiger partial charge in [0.05, 0.1) is 73.3 Å². The van der Waals surface area contributed by atoms with Crippen LogP contribution in [0.15, 0.2) is 218 Å². The van der Waals surface area contributed by atoms with E-state index in [1.165, 1.54) is 0 Å². The molecule has 6 nitrogen and oxygen atoms in total. The van der Waals surface area contributed by atoms with Gasteiger partial charge in [0.15, 0.2) is 0 Å². The van der Waals surface area contributed by atoms with E-state index in [1.807, 2.05) is 6.07 Å². The van der Waals surface area contributed by atoms with Crippen molar-refractivity contribution < 1.29 is 0 Å². The zero-order valence-electron chi connectivity index (χ0n) is 36.5. The summed E-state index contributed by atoms with van der Waals surface area (Å²) in [4.78, 5) is 4.65. The van der Waals surface area contributed by atoms with Gasteiger partial charge in [0.25, 0.3) is 0 Å². The molecule has 314 valence electrons. The smallest absolute Gasteiger partial charge is 0.221 e. The number of nitriles is 1. The quantitative estimate of drug-likeness (QED) is 0.159. The van der Waals surface area contributed by atoms with E-state index in [-0.39, 0.29) is 0 Å². The Morgan fingerprint density at radius 3 is 1.09 bits per heavy atom. The lowest BCUT2D eigenvalue weighted by Crippen LogP contribution is -2.13. The van der Waals surface area contributed by atoms with Crippen LogP contribution in [0.1, 0.15) is 5.56 Å². The number of nitrogens with zero attached hydrogens (tertiary/aromatic N) is 6. The average Bonchev–Trinajstić information content (AvgIpc) is 4.13. The summed E-state index contributed by atoms with van der Waals surface area (Å²) in [6.45, 7) is 9.51. The summed E-state index contributed by atoms with van der Waals surface area (Å²) in [5.41, 5.74) is 13.3. The number of para-hydroxylation sites is 8. The first kappa shape index (κ1) is 37.7. The Hall–Kier alpha value is -9.62. The number of benzene rings is 10. The molecule has 0 N–H and O–H groups in total. The molecule has 0 atom stereocenters. The molecule has 10 aromatic carbocycles. The number of hydrogen-bond donors (Lipinski definition) is 0. The van der Waals surface area contributed by atoms with Gasteiger partial charge in [-0.15, -0.1) is 0 Å². The Morgan fingerprint density at radius 1 is 0.338 bits per heavy atom. The lowest BCUT2D eigenvalue weighted by molar-refractivity contribution is 1.05. The van der Waals surface area contributed by atoms with E-state index >= 15 is 0 Å². The van der Waals surface area contributed by atoms with Gasteiger partial charge < -0.3 is 18.3 Å². The van der Waals surface area contributed by atoms with Crippen LogP contribution < -0.4 is 0 Å². The summed E-state index contributed by atoms with van der Waals surface area (Å²) < 4.78 is 9.20. The van der Waals surface area contributed by atoms with Gasteiger partial charge in [-0.2, -0.15) is 5.26 Å². The highest BCUT2D eigenvalue weighted by Gasteiger charge is 2.33. The van der Waals surface area contributed by atoms with Crippen molar-refractivity contribution in [3.8, 4) is 39.9 Å². The van der Waals surface area contributed by atoms with E-state index in [0.717, 1.165) is 104 Å². The van der Waals surface area contributed by atoms with Crippen molar-refractivity contribution in [1.82, 2.24) is 18.3 Å². The Bertz CT molecular complexity index is 4210. The van der Waals surface area contributed by atoms with Crippen molar-refractivity contribution in [2.24, 2.45) is 0 Å². The molecule has 68 heavy (non-hydrogen) atoms. The van der Waals surface area contributed by atoms with Crippen molar-refractivity contribution >= 4 is 92.9 Å². The van der Waals surface area contributed by atoms with E-state index in [9.17, 15) is 11.8 Å². The van der Waals surface area contributed by atoms with Crippen LogP contribution in [0.3, 0.4) is 0 Å². The number of aromatic nitrogens is 4. The van der Waals surface area contributed by atoms with Crippen LogP contribution in [0.5, 0.6) is 0 Å². The lowest BCUT2D eigenvalue weighted by Gasteiger charge is -2.27. The van der Waals surface area contributed by atoms with Crippen LogP contribution >= 0.6 is 0 Å². The molecule has 0 radical (unpaired) electrons. The Labute approximate surface area is 390 Å². The van der Waals surface area contributed by atoms with Gasteiger partial charge in [-0.05, 0) is 72.3 Å². The zero-order valence-corrected chi connectivity index (χ0v) is 36.5. The zero-order chi connectivity index (χ0) is 45.0.